The average molecular weight is 262 g/mol. The molecule has 82 valence electrons. The van der Waals surface area contributed by atoms with Crippen molar-refractivity contribution in [1.29, 1.82) is 0 Å². The van der Waals surface area contributed by atoms with Crippen molar-refractivity contribution < 1.29 is 4.79 Å². The minimum atomic E-state index is -0.0618. The fourth-order valence-corrected chi connectivity index (χ4v) is 2.12. The van der Waals surface area contributed by atoms with Crippen molar-refractivity contribution >= 4 is 21.8 Å². The van der Waals surface area contributed by atoms with Crippen LogP contribution in [0.2, 0.25) is 0 Å². The maximum absolute atomic E-state index is 11.3. The number of halogens is 1. The van der Waals surface area contributed by atoms with Gasteiger partial charge in [0.15, 0.2) is 0 Å². The van der Waals surface area contributed by atoms with E-state index in [0.717, 1.165) is 6.54 Å². The minimum Gasteiger partial charge on any atom is -0.355 e. The molecule has 0 bridgehead atoms. The molecular formula is C11H20BrNO. The highest BCUT2D eigenvalue weighted by Gasteiger charge is 2.14. The van der Waals surface area contributed by atoms with E-state index < -0.39 is 0 Å². The molecule has 1 aliphatic rings. The van der Waals surface area contributed by atoms with Crippen molar-refractivity contribution in [1.82, 2.24) is 5.32 Å². The van der Waals surface area contributed by atoms with Crippen LogP contribution in [0.1, 0.15) is 45.4 Å². The lowest BCUT2D eigenvalue weighted by atomic mass is 10.0. The van der Waals surface area contributed by atoms with E-state index >= 15 is 0 Å². The number of hydrogen-bond acceptors (Lipinski definition) is 1. The highest BCUT2D eigenvalue weighted by Crippen LogP contribution is 2.22. The predicted octanol–water partition coefficient (Wildman–Crippen LogP) is 2.86. The van der Waals surface area contributed by atoms with Crippen LogP contribution in [-0.2, 0) is 4.79 Å². The summed E-state index contributed by atoms with van der Waals surface area (Å²) in [4.78, 5) is 11.3. The first-order chi connectivity index (χ1) is 6.70. The Morgan fingerprint density at radius 2 is 1.93 bits per heavy atom. The second kappa shape index (κ2) is 6.44. The molecule has 0 saturated heterocycles. The van der Waals surface area contributed by atoms with Gasteiger partial charge in [0.1, 0.15) is 0 Å². The van der Waals surface area contributed by atoms with Crippen molar-refractivity contribution in [3.63, 3.8) is 0 Å². The molecule has 1 rings (SSSR count). The fraction of sp³-hybridized carbons (Fsp3) is 0.909. The Kier molecular flexibility index (Phi) is 5.53. The maximum Gasteiger partial charge on any atom is 0.233 e. The summed E-state index contributed by atoms with van der Waals surface area (Å²) in [7, 11) is 0. The Morgan fingerprint density at radius 1 is 1.36 bits per heavy atom. The number of nitrogens with one attached hydrogen (secondary N) is 1. The van der Waals surface area contributed by atoms with Crippen molar-refractivity contribution in [2.75, 3.05) is 6.54 Å². The van der Waals surface area contributed by atoms with Crippen molar-refractivity contribution in [3.8, 4) is 0 Å². The molecular weight excluding hydrogens is 242 g/mol. The van der Waals surface area contributed by atoms with Crippen molar-refractivity contribution in [2.45, 2.75) is 50.3 Å². The van der Waals surface area contributed by atoms with Gasteiger partial charge in [-0.3, -0.25) is 4.79 Å². The number of rotatable bonds is 3. The fourth-order valence-electron chi connectivity index (χ4n) is 1.95. The Balaban J connectivity index is 2.19. The molecule has 1 N–H and O–H groups in total. The van der Waals surface area contributed by atoms with Crippen LogP contribution in [0.15, 0.2) is 0 Å². The largest absolute Gasteiger partial charge is 0.355 e. The lowest BCUT2D eigenvalue weighted by molar-refractivity contribution is -0.120. The molecule has 0 heterocycles. The van der Waals surface area contributed by atoms with Gasteiger partial charge in [-0.2, -0.15) is 0 Å². The van der Waals surface area contributed by atoms with E-state index in [9.17, 15) is 4.79 Å². The smallest absolute Gasteiger partial charge is 0.233 e. The molecule has 0 radical (unpaired) electrons. The molecule has 1 fully saturated rings. The Bertz CT molecular complexity index is 174. The first-order valence-corrected chi connectivity index (χ1v) is 6.53. The number of carbonyl (C=O) groups is 1. The zero-order valence-electron chi connectivity index (χ0n) is 8.89. The van der Waals surface area contributed by atoms with Gasteiger partial charge < -0.3 is 5.32 Å². The summed E-state index contributed by atoms with van der Waals surface area (Å²) in [6.07, 6.45) is 8.00. The molecule has 2 nitrogen and oxygen atoms in total. The molecule has 0 spiro atoms. The quantitative estimate of drug-likeness (QED) is 0.615. The van der Waals surface area contributed by atoms with Gasteiger partial charge in [0.05, 0.1) is 4.83 Å². The summed E-state index contributed by atoms with van der Waals surface area (Å²) in [5.41, 5.74) is 0. The van der Waals surface area contributed by atoms with Crippen LogP contribution in [0.5, 0.6) is 0 Å². The highest BCUT2D eigenvalue weighted by molar-refractivity contribution is 9.10. The normalized spacial score (nSPS) is 21.3. The van der Waals surface area contributed by atoms with Gasteiger partial charge in [-0.1, -0.05) is 41.6 Å². The van der Waals surface area contributed by atoms with Gasteiger partial charge >= 0.3 is 0 Å². The van der Waals surface area contributed by atoms with Gasteiger partial charge in [0, 0.05) is 6.54 Å². The van der Waals surface area contributed by atoms with Crippen LogP contribution in [0.4, 0.5) is 0 Å². The number of amides is 1. The Labute approximate surface area is 95.0 Å². The van der Waals surface area contributed by atoms with Gasteiger partial charge in [-0.05, 0) is 25.7 Å². The zero-order valence-corrected chi connectivity index (χ0v) is 10.5. The van der Waals surface area contributed by atoms with E-state index in [-0.39, 0.29) is 10.7 Å². The Hall–Kier alpha value is -0.0500. The van der Waals surface area contributed by atoms with Crippen LogP contribution < -0.4 is 5.32 Å². The number of alkyl halides is 1. The van der Waals surface area contributed by atoms with Crippen LogP contribution in [-0.4, -0.2) is 17.3 Å². The molecule has 1 unspecified atom stereocenters. The molecule has 14 heavy (non-hydrogen) atoms. The average Bonchev–Trinajstić information content (AvgIpc) is 2.42. The second-order valence-electron chi connectivity index (χ2n) is 4.22. The zero-order chi connectivity index (χ0) is 10.4. The third-order valence-electron chi connectivity index (χ3n) is 2.90. The maximum atomic E-state index is 11.3. The summed E-state index contributed by atoms with van der Waals surface area (Å²) >= 11 is 3.27. The van der Waals surface area contributed by atoms with Gasteiger partial charge in [0.2, 0.25) is 5.91 Å². The van der Waals surface area contributed by atoms with E-state index in [1.54, 1.807) is 0 Å². The molecule has 1 saturated carbocycles. The van der Waals surface area contributed by atoms with Crippen LogP contribution in [0.25, 0.3) is 0 Å². The number of carbonyl (C=O) groups excluding carboxylic acids is 1. The molecule has 3 heteroatoms. The molecule has 1 aliphatic carbocycles. The molecule has 0 aliphatic heterocycles. The first-order valence-electron chi connectivity index (χ1n) is 5.62. The summed E-state index contributed by atoms with van der Waals surface area (Å²) in [6, 6.07) is 0. The van der Waals surface area contributed by atoms with E-state index in [1.807, 2.05) is 6.92 Å². The molecule has 0 aromatic rings. The lowest BCUT2D eigenvalue weighted by Crippen LogP contribution is -2.33. The molecule has 0 aromatic heterocycles. The first kappa shape index (κ1) is 12.0. The minimum absolute atomic E-state index is 0.0618. The monoisotopic (exact) mass is 261 g/mol. The summed E-state index contributed by atoms with van der Waals surface area (Å²) in [6.45, 7) is 2.73. The van der Waals surface area contributed by atoms with Crippen LogP contribution >= 0.6 is 15.9 Å². The molecule has 1 atom stereocenters. The summed E-state index contributed by atoms with van der Waals surface area (Å²) < 4.78 is 0. The van der Waals surface area contributed by atoms with E-state index in [2.05, 4.69) is 21.2 Å². The highest BCUT2D eigenvalue weighted by atomic mass is 79.9. The SMILES string of the molecule is CC(Br)C(=O)NCC1CCCCCC1. The third kappa shape index (κ3) is 4.45. The van der Waals surface area contributed by atoms with E-state index in [0.29, 0.717) is 5.92 Å². The summed E-state index contributed by atoms with van der Waals surface area (Å²) in [5, 5.41) is 2.99. The molecule has 0 aromatic carbocycles. The van der Waals surface area contributed by atoms with Gasteiger partial charge in [-0.15, -0.1) is 0 Å². The standard InChI is InChI=1S/C11H20BrNO/c1-9(12)11(14)13-8-10-6-4-2-3-5-7-10/h9-10H,2-8H2,1H3,(H,13,14). The van der Waals surface area contributed by atoms with Crippen LogP contribution in [0, 0.1) is 5.92 Å². The van der Waals surface area contributed by atoms with Crippen molar-refractivity contribution in [3.05, 3.63) is 0 Å². The van der Waals surface area contributed by atoms with Gasteiger partial charge in [-0.25, -0.2) is 0 Å². The predicted molar refractivity (Wildman–Crippen MR) is 62.6 cm³/mol. The topological polar surface area (TPSA) is 29.1 Å². The van der Waals surface area contributed by atoms with Crippen molar-refractivity contribution in [2.24, 2.45) is 5.92 Å². The van der Waals surface area contributed by atoms with E-state index in [4.69, 9.17) is 0 Å². The number of hydrogen-bond donors (Lipinski definition) is 1. The molecule has 1 amide bonds. The second-order valence-corrected chi connectivity index (χ2v) is 5.59. The van der Waals surface area contributed by atoms with Crippen LogP contribution in [0.3, 0.4) is 0 Å². The lowest BCUT2D eigenvalue weighted by Gasteiger charge is -2.15. The van der Waals surface area contributed by atoms with Gasteiger partial charge in [0.25, 0.3) is 0 Å². The third-order valence-corrected chi connectivity index (χ3v) is 3.32. The Morgan fingerprint density at radius 3 is 2.43 bits per heavy atom. The summed E-state index contributed by atoms with van der Waals surface area (Å²) in [5.74, 6) is 0.835. The van der Waals surface area contributed by atoms with E-state index in [1.165, 1.54) is 38.5 Å².